The van der Waals surface area contributed by atoms with Crippen molar-refractivity contribution in [1.82, 2.24) is 14.8 Å². The Morgan fingerprint density at radius 2 is 1.66 bits per heavy atom. The number of halogens is 1. The summed E-state index contributed by atoms with van der Waals surface area (Å²) < 4.78 is 0. The van der Waals surface area contributed by atoms with Crippen molar-refractivity contribution in [1.29, 1.82) is 0 Å². The molecule has 0 atom stereocenters. The molecule has 4 rings (SSSR count). The molecule has 0 unspecified atom stereocenters. The van der Waals surface area contributed by atoms with Crippen LogP contribution in [0.4, 0.5) is 5.82 Å². The van der Waals surface area contributed by atoms with Gasteiger partial charge in [0.05, 0.1) is 5.57 Å². The standard InChI is InChI=1S/C22H21ClN4O2/c1-2-11-27-21(28)19(16-6-8-17(23)9-7-16)20(22(27)29)26-14-12-25(13-15-26)18-5-3-4-10-24-18/h2-10H,1,11-15H2. The van der Waals surface area contributed by atoms with Gasteiger partial charge < -0.3 is 9.80 Å². The van der Waals surface area contributed by atoms with Crippen LogP contribution in [-0.2, 0) is 9.59 Å². The summed E-state index contributed by atoms with van der Waals surface area (Å²) in [6, 6.07) is 12.9. The zero-order valence-electron chi connectivity index (χ0n) is 15.9. The van der Waals surface area contributed by atoms with Crippen LogP contribution < -0.4 is 4.90 Å². The van der Waals surface area contributed by atoms with Crippen molar-refractivity contribution in [2.75, 3.05) is 37.6 Å². The van der Waals surface area contributed by atoms with Crippen molar-refractivity contribution in [3.8, 4) is 0 Å². The summed E-state index contributed by atoms with van der Waals surface area (Å²) in [6.45, 7) is 6.56. The predicted molar refractivity (Wildman–Crippen MR) is 113 cm³/mol. The fourth-order valence-electron chi connectivity index (χ4n) is 3.73. The Hall–Kier alpha value is -3.12. The van der Waals surface area contributed by atoms with Crippen LogP contribution in [0.15, 0.2) is 67.0 Å². The first kappa shape index (κ1) is 19.2. The lowest BCUT2D eigenvalue weighted by Crippen LogP contribution is -2.47. The molecule has 0 aliphatic carbocycles. The van der Waals surface area contributed by atoms with Gasteiger partial charge in [-0.1, -0.05) is 35.9 Å². The number of benzene rings is 1. The van der Waals surface area contributed by atoms with Gasteiger partial charge in [0.1, 0.15) is 11.5 Å². The average Bonchev–Trinajstić information content (AvgIpc) is 3.00. The molecule has 0 spiro atoms. The van der Waals surface area contributed by atoms with Crippen molar-refractivity contribution in [2.24, 2.45) is 0 Å². The maximum absolute atomic E-state index is 13.1. The highest BCUT2D eigenvalue weighted by atomic mass is 35.5. The minimum absolute atomic E-state index is 0.187. The Labute approximate surface area is 174 Å². The third-order valence-corrected chi connectivity index (χ3v) is 5.41. The lowest BCUT2D eigenvalue weighted by Gasteiger charge is -2.37. The van der Waals surface area contributed by atoms with Gasteiger partial charge in [0.15, 0.2) is 0 Å². The molecule has 0 radical (unpaired) electrons. The Kier molecular flexibility index (Phi) is 5.36. The smallest absolute Gasteiger partial charge is 0.278 e. The monoisotopic (exact) mass is 408 g/mol. The number of hydrogen-bond donors (Lipinski definition) is 0. The van der Waals surface area contributed by atoms with Gasteiger partial charge in [0, 0.05) is 43.9 Å². The maximum atomic E-state index is 13.1. The summed E-state index contributed by atoms with van der Waals surface area (Å²) in [7, 11) is 0. The van der Waals surface area contributed by atoms with E-state index in [1.54, 1.807) is 36.5 Å². The molecule has 3 heterocycles. The number of carbonyl (C=O) groups excluding carboxylic acids is 2. The number of hydrogen-bond acceptors (Lipinski definition) is 5. The molecule has 0 bridgehead atoms. The number of imide groups is 1. The Morgan fingerprint density at radius 3 is 2.28 bits per heavy atom. The molecule has 2 amide bonds. The summed E-state index contributed by atoms with van der Waals surface area (Å²) in [6.07, 6.45) is 3.34. The van der Waals surface area contributed by atoms with Crippen LogP contribution in [0, 0.1) is 0 Å². The van der Waals surface area contributed by atoms with E-state index < -0.39 is 0 Å². The molecule has 1 fully saturated rings. The number of pyridine rings is 1. The zero-order valence-corrected chi connectivity index (χ0v) is 16.7. The molecule has 2 aliphatic heterocycles. The number of anilines is 1. The van der Waals surface area contributed by atoms with Crippen LogP contribution in [0.25, 0.3) is 5.57 Å². The summed E-state index contributed by atoms with van der Waals surface area (Å²) >= 11 is 6.01. The summed E-state index contributed by atoms with van der Waals surface area (Å²) in [5, 5.41) is 0.583. The molecule has 1 aromatic heterocycles. The maximum Gasteiger partial charge on any atom is 0.278 e. The molecule has 2 aromatic rings. The highest BCUT2D eigenvalue weighted by Gasteiger charge is 2.41. The van der Waals surface area contributed by atoms with Crippen LogP contribution in [0.3, 0.4) is 0 Å². The number of nitrogens with zero attached hydrogens (tertiary/aromatic N) is 4. The molecule has 2 aliphatic rings. The van der Waals surface area contributed by atoms with Crippen LogP contribution in [0.1, 0.15) is 5.56 Å². The van der Waals surface area contributed by atoms with Gasteiger partial charge in [-0.2, -0.15) is 0 Å². The first-order valence-electron chi connectivity index (χ1n) is 9.48. The second-order valence-electron chi connectivity index (χ2n) is 6.90. The average molecular weight is 409 g/mol. The topological polar surface area (TPSA) is 56.8 Å². The fourth-order valence-corrected chi connectivity index (χ4v) is 3.85. The van der Waals surface area contributed by atoms with Gasteiger partial charge in [0.25, 0.3) is 11.8 Å². The second kappa shape index (κ2) is 8.09. The fraction of sp³-hybridized carbons (Fsp3) is 0.227. The van der Waals surface area contributed by atoms with E-state index in [-0.39, 0.29) is 18.4 Å². The number of piperazine rings is 1. The lowest BCUT2D eigenvalue weighted by atomic mass is 10.0. The first-order valence-corrected chi connectivity index (χ1v) is 9.86. The number of aromatic nitrogens is 1. The van der Waals surface area contributed by atoms with Gasteiger partial charge in [0.2, 0.25) is 0 Å². The Balaban J connectivity index is 1.64. The van der Waals surface area contributed by atoms with E-state index in [4.69, 9.17) is 11.6 Å². The Bertz CT molecular complexity index is 964. The molecule has 1 saturated heterocycles. The molecule has 0 saturated carbocycles. The van der Waals surface area contributed by atoms with Gasteiger partial charge >= 0.3 is 0 Å². The van der Waals surface area contributed by atoms with Crippen LogP contribution in [0.2, 0.25) is 5.02 Å². The normalized spacial score (nSPS) is 17.3. The quantitative estimate of drug-likeness (QED) is 0.562. The second-order valence-corrected chi connectivity index (χ2v) is 7.34. The van der Waals surface area contributed by atoms with Gasteiger partial charge in [-0.05, 0) is 29.8 Å². The molecule has 0 N–H and O–H groups in total. The van der Waals surface area contributed by atoms with E-state index in [1.807, 2.05) is 23.1 Å². The van der Waals surface area contributed by atoms with Crippen LogP contribution >= 0.6 is 11.6 Å². The minimum Gasteiger partial charge on any atom is -0.363 e. The van der Waals surface area contributed by atoms with E-state index in [9.17, 15) is 9.59 Å². The molecular formula is C22H21ClN4O2. The van der Waals surface area contributed by atoms with E-state index in [0.29, 0.717) is 34.9 Å². The third kappa shape index (κ3) is 3.63. The molecule has 29 heavy (non-hydrogen) atoms. The van der Waals surface area contributed by atoms with Crippen LogP contribution in [0.5, 0.6) is 0 Å². The number of amides is 2. The van der Waals surface area contributed by atoms with Crippen molar-refractivity contribution in [3.63, 3.8) is 0 Å². The van der Waals surface area contributed by atoms with Gasteiger partial charge in [-0.3, -0.25) is 14.5 Å². The van der Waals surface area contributed by atoms with Gasteiger partial charge in [-0.15, -0.1) is 6.58 Å². The van der Waals surface area contributed by atoms with E-state index >= 15 is 0 Å². The highest BCUT2D eigenvalue weighted by Crippen LogP contribution is 2.33. The zero-order chi connectivity index (χ0) is 20.4. The van der Waals surface area contributed by atoms with E-state index in [2.05, 4.69) is 16.5 Å². The van der Waals surface area contributed by atoms with Crippen molar-refractivity contribution in [2.45, 2.75) is 0 Å². The predicted octanol–water partition coefficient (Wildman–Crippen LogP) is 2.82. The highest BCUT2D eigenvalue weighted by molar-refractivity contribution is 6.36. The first-order chi connectivity index (χ1) is 14.1. The number of rotatable bonds is 5. The van der Waals surface area contributed by atoms with Crippen molar-refractivity contribution < 1.29 is 9.59 Å². The van der Waals surface area contributed by atoms with Crippen LogP contribution in [-0.4, -0.2) is 59.3 Å². The summed E-state index contributed by atoms with van der Waals surface area (Å²) in [5.74, 6) is 0.353. The van der Waals surface area contributed by atoms with Crippen molar-refractivity contribution >= 4 is 34.8 Å². The summed E-state index contributed by atoms with van der Waals surface area (Å²) in [4.78, 5) is 36.0. The van der Waals surface area contributed by atoms with E-state index in [1.165, 1.54) is 4.90 Å². The number of carbonyl (C=O) groups is 2. The summed E-state index contributed by atoms with van der Waals surface area (Å²) in [5.41, 5.74) is 1.58. The molecule has 1 aromatic carbocycles. The molecule has 7 heteroatoms. The Morgan fingerprint density at radius 1 is 0.966 bits per heavy atom. The SMILES string of the molecule is C=CCN1C(=O)C(c2ccc(Cl)cc2)=C(N2CCN(c3ccccn3)CC2)C1=O. The van der Waals surface area contributed by atoms with E-state index in [0.717, 1.165) is 18.9 Å². The minimum atomic E-state index is -0.292. The molecule has 148 valence electrons. The van der Waals surface area contributed by atoms with Gasteiger partial charge in [-0.25, -0.2) is 4.98 Å². The molecule has 6 nitrogen and oxygen atoms in total. The lowest BCUT2D eigenvalue weighted by molar-refractivity contribution is -0.136. The third-order valence-electron chi connectivity index (χ3n) is 5.16. The molecular weight excluding hydrogens is 388 g/mol. The largest absolute Gasteiger partial charge is 0.363 e. The van der Waals surface area contributed by atoms with Crippen molar-refractivity contribution in [3.05, 3.63) is 77.6 Å².